The maximum Gasteiger partial charge on any atom is 0.313 e. The average molecular weight is 432 g/mol. The van der Waals surface area contributed by atoms with E-state index >= 15 is 0 Å². The summed E-state index contributed by atoms with van der Waals surface area (Å²) in [6.45, 7) is 3.79. The molecule has 1 aromatic carbocycles. The van der Waals surface area contributed by atoms with Crippen molar-refractivity contribution in [2.45, 2.75) is 45.1 Å². The van der Waals surface area contributed by atoms with Crippen molar-refractivity contribution in [2.75, 3.05) is 38.4 Å². The molecule has 9 nitrogen and oxygen atoms in total. The van der Waals surface area contributed by atoms with Gasteiger partial charge in [-0.15, -0.1) is 0 Å². The normalized spacial score (nSPS) is 20.2. The van der Waals surface area contributed by atoms with Crippen LogP contribution in [-0.2, 0) is 23.9 Å². The Morgan fingerprint density at radius 1 is 1.13 bits per heavy atom. The number of rotatable bonds is 6. The molecule has 1 atom stereocenters. The van der Waals surface area contributed by atoms with Gasteiger partial charge in [-0.3, -0.25) is 14.4 Å². The van der Waals surface area contributed by atoms with E-state index in [0.29, 0.717) is 56.3 Å². The van der Waals surface area contributed by atoms with E-state index in [9.17, 15) is 14.4 Å². The van der Waals surface area contributed by atoms with E-state index in [4.69, 9.17) is 18.9 Å². The third-order valence-corrected chi connectivity index (χ3v) is 6.14. The topological polar surface area (TPSA) is 103 Å². The molecule has 2 amide bonds. The lowest BCUT2D eigenvalue weighted by molar-refractivity contribution is -0.166. The minimum absolute atomic E-state index is 0.0559. The summed E-state index contributed by atoms with van der Waals surface area (Å²) in [4.78, 5) is 40.2. The van der Waals surface area contributed by atoms with Crippen LogP contribution in [0.3, 0.4) is 0 Å². The lowest BCUT2D eigenvalue weighted by Crippen LogP contribution is -2.45. The van der Waals surface area contributed by atoms with Crippen LogP contribution in [0.5, 0.6) is 11.5 Å². The molecule has 0 aromatic heterocycles. The van der Waals surface area contributed by atoms with Gasteiger partial charge in [-0.2, -0.15) is 0 Å². The van der Waals surface area contributed by atoms with E-state index in [-0.39, 0.29) is 19.1 Å². The summed E-state index contributed by atoms with van der Waals surface area (Å²) in [5, 5.41) is 2.73. The van der Waals surface area contributed by atoms with Crippen LogP contribution in [0.25, 0.3) is 0 Å². The van der Waals surface area contributed by atoms with Gasteiger partial charge in [-0.05, 0) is 31.9 Å². The van der Waals surface area contributed by atoms with Crippen LogP contribution in [0.15, 0.2) is 18.2 Å². The van der Waals surface area contributed by atoms with Gasteiger partial charge < -0.3 is 29.2 Å². The van der Waals surface area contributed by atoms with Crippen molar-refractivity contribution in [1.82, 2.24) is 4.90 Å². The zero-order chi connectivity index (χ0) is 21.8. The van der Waals surface area contributed by atoms with Crippen LogP contribution >= 0.6 is 0 Å². The fourth-order valence-corrected chi connectivity index (χ4v) is 4.28. The van der Waals surface area contributed by atoms with Crippen LogP contribution in [0, 0.1) is 5.41 Å². The number of carbonyl (C=O) groups excluding carboxylic acids is 3. The molecule has 168 valence electrons. The Hall–Kier alpha value is -2.81. The summed E-state index contributed by atoms with van der Waals surface area (Å²) in [5.41, 5.74) is -0.335. The molecule has 31 heavy (non-hydrogen) atoms. The fraction of sp³-hybridized carbons (Fsp3) is 0.591. The zero-order valence-electron chi connectivity index (χ0n) is 17.7. The largest absolute Gasteiger partial charge is 0.454 e. The van der Waals surface area contributed by atoms with E-state index in [0.717, 1.165) is 12.8 Å². The Labute approximate surface area is 181 Å². The first-order valence-corrected chi connectivity index (χ1v) is 10.7. The molecule has 1 aliphatic carbocycles. The monoisotopic (exact) mass is 432 g/mol. The van der Waals surface area contributed by atoms with E-state index in [1.807, 2.05) is 0 Å². The highest BCUT2D eigenvalue weighted by molar-refractivity contribution is 5.96. The number of benzene rings is 1. The van der Waals surface area contributed by atoms with Crippen molar-refractivity contribution < 1.29 is 33.3 Å². The smallest absolute Gasteiger partial charge is 0.313 e. The number of ether oxygens (including phenoxy) is 4. The molecule has 2 heterocycles. The summed E-state index contributed by atoms with van der Waals surface area (Å²) in [7, 11) is 0. The molecule has 1 saturated heterocycles. The van der Waals surface area contributed by atoms with E-state index in [1.54, 1.807) is 23.1 Å². The molecule has 9 heteroatoms. The maximum atomic E-state index is 13.1. The summed E-state index contributed by atoms with van der Waals surface area (Å²) in [5.74, 6) is 0.194. The Kier molecular flexibility index (Phi) is 6.31. The first-order valence-electron chi connectivity index (χ1n) is 10.7. The van der Waals surface area contributed by atoms with Crippen molar-refractivity contribution in [1.29, 1.82) is 0 Å². The maximum absolute atomic E-state index is 13.1. The number of carbonyl (C=O) groups is 3. The second-order valence-corrected chi connectivity index (χ2v) is 8.26. The standard InChI is InChI=1S/C22H28N2O7/c1-15(20(26)23-16-4-5-17-18(12-16)30-14-29-17)31-21(27)22(6-2-3-7-22)13-19(25)24-8-10-28-11-9-24/h4-5,12,15H,2-3,6-11,13-14H2,1H3,(H,23,26)/t15-/m0/s1. The van der Waals surface area contributed by atoms with Crippen LogP contribution in [0.1, 0.15) is 39.0 Å². The van der Waals surface area contributed by atoms with Crippen LogP contribution in [-0.4, -0.2) is 61.9 Å². The van der Waals surface area contributed by atoms with Crippen LogP contribution in [0.4, 0.5) is 5.69 Å². The van der Waals surface area contributed by atoms with Crippen molar-refractivity contribution in [3.8, 4) is 11.5 Å². The fourth-order valence-electron chi connectivity index (χ4n) is 4.28. The van der Waals surface area contributed by atoms with Crippen LogP contribution in [0.2, 0.25) is 0 Å². The highest BCUT2D eigenvalue weighted by atomic mass is 16.7. The first kappa shape index (κ1) is 21.4. The van der Waals surface area contributed by atoms with Gasteiger partial charge in [-0.25, -0.2) is 0 Å². The van der Waals surface area contributed by atoms with Gasteiger partial charge in [0.15, 0.2) is 17.6 Å². The second-order valence-electron chi connectivity index (χ2n) is 8.26. The Balaban J connectivity index is 1.36. The molecule has 1 N–H and O–H groups in total. The summed E-state index contributed by atoms with van der Waals surface area (Å²) >= 11 is 0. The van der Waals surface area contributed by atoms with Gasteiger partial charge in [0.05, 0.1) is 18.6 Å². The second kappa shape index (κ2) is 9.13. The Morgan fingerprint density at radius 2 is 1.84 bits per heavy atom. The number of hydrogen-bond donors (Lipinski definition) is 1. The lowest BCUT2D eigenvalue weighted by atomic mass is 9.82. The molecule has 0 radical (unpaired) electrons. The number of amides is 2. The molecule has 3 aliphatic rings. The molecular formula is C22H28N2O7. The predicted octanol–water partition coefficient (Wildman–Crippen LogP) is 2.09. The highest BCUT2D eigenvalue weighted by Gasteiger charge is 2.46. The van der Waals surface area contributed by atoms with Gasteiger partial charge >= 0.3 is 5.97 Å². The van der Waals surface area contributed by atoms with Crippen molar-refractivity contribution >= 4 is 23.5 Å². The van der Waals surface area contributed by atoms with Crippen molar-refractivity contribution in [2.24, 2.45) is 5.41 Å². The number of hydrogen-bond acceptors (Lipinski definition) is 7. The zero-order valence-corrected chi connectivity index (χ0v) is 17.7. The number of fused-ring (bicyclic) bond motifs is 1. The number of anilines is 1. The molecular weight excluding hydrogens is 404 g/mol. The van der Waals surface area contributed by atoms with Crippen molar-refractivity contribution in [3.63, 3.8) is 0 Å². The quantitative estimate of drug-likeness (QED) is 0.687. The SMILES string of the molecule is C[C@H](OC(=O)C1(CC(=O)N2CCOCC2)CCCC1)C(=O)Nc1ccc2c(c1)OCO2. The van der Waals surface area contributed by atoms with Gasteiger partial charge in [0, 0.05) is 31.3 Å². The third-order valence-electron chi connectivity index (χ3n) is 6.14. The summed E-state index contributed by atoms with van der Waals surface area (Å²) < 4.78 is 21.4. The molecule has 0 spiro atoms. The van der Waals surface area contributed by atoms with E-state index in [2.05, 4.69) is 5.32 Å². The molecule has 2 fully saturated rings. The molecule has 1 saturated carbocycles. The number of esters is 1. The first-order chi connectivity index (χ1) is 15.0. The van der Waals surface area contributed by atoms with Gasteiger partial charge in [0.2, 0.25) is 12.7 Å². The van der Waals surface area contributed by atoms with Gasteiger partial charge in [0.1, 0.15) is 0 Å². The third kappa shape index (κ3) is 4.76. The Morgan fingerprint density at radius 3 is 2.58 bits per heavy atom. The minimum Gasteiger partial charge on any atom is -0.454 e. The Bertz CT molecular complexity index is 844. The predicted molar refractivity (Wildman–Crippen MR) is 110 cm³/mol. The molecule has 4 rings (SSSR count). The van der Waals surface area contributed by atoms with Gasteiger partial charge in [-0.1, -0.05) is 12.8 Å². The number of nitrogens with zero attached hydrogens (tertiary/aromatic N) is 1. The molecule has 0 bridgehead atoms. The molecule has 0 unspecified atom stereocenters. The average Bonchev–Trinajstić information content (AvgIpc) is 3.44. The van der Waals surface area contributed by atoms with Gasteiger partial charge in [0.25, 0.3) is 5.91 Å². The number of nitrogens with one attached hydrogen (secondary N) is 1. The lowest BCUT2D eigenvalue weighted by Gasteiger charge is -2.32. The minimum atomic E-state index is -0.992. The number of morpholine rings is 1. The van der Waals surface area contributed by atoms with Crippen molar-refractivity contribution in [3.05, 3.63) is 18.2 Å². The van der Waals surface area contributed by atoms with E-state index in [1.165, 1.54) is 6.92 Å². The van der Waals surface area contributed by atoms with Crippen LogP contribution < -0.4 is 14.8 Å². The highest BCUT2D eigenvalue weighted by Crippen LogP contribution is 2.43. The molecule has 1 aromatic rings. The molecule has 2 aliphatic heterocycles. The van der Waals surface area contributed by atoms with E-state index < -0.39 is 23.4 Å². The summed E-state index contributed by atoms with van der Waals surface area (Å²) in [6, 6.07) is 5.06. The summed E-state index contributed by atoms with van der Waals surface area (Å²) in [6.07, 6.45) is 2.04.